The van der Waals surface area contributed by atoms with Crippen LogP contribution < -0.4 is 5.32 Å². The van der Waals surface area contributed by atoms with Gasteiger partial charge in [0.15, 0.2) is 0 Å². The van der Waals surface area contributed by atoms with Crippen molar-refractivity contribution in [3.8, 4) is 17.0 Å². The molecule has 0 saturated carbocycles. The number of phenolic OH excluding ortho intramolecular Hbond substituents is 1. The molecule has 1 aromatic heterocycles. The fourth-order valence-corrected chi connectivity index (χ4v) is 3.18. The third-order valence-electron chi connectivity index (χ3n) is 4.56. The van der Waals surface area contributed by atoms with Crippen LogP contribution in [0.15, 0.2) is 24.8 Å². The van der Waals surface area contributed by atoms with Crippen LogP contribution in [0.5, 0.6) is 5.75 Å². The summed E-state index contributed by atoms with van der Waals surface area (Å²) in [5.74, 6) is 0.703. The van der Waals surface area contributed by atoms with Crippen LogP contribution in [0.1, 0.15) is 31.0 Å². The van der Waals surface area contributed by atoms with Crippen molar-refractivity contribution in [1.29, 1.82) is 0 Å². The lowest BCUT2D eigenvalue weighted by molar-refractivity contribution is 0.260. The molecule has 0 radical (unpaired) electrons. The molecule has 0 aliphatic carbocycles. The number of likely N-dealkylation sites (tertiary alicyclic amines) is 1. The summed E-state index contributed by atoms with van der Waals surface area (Å²) >= 11 is 0. The minimum absolute atomic E-state index is 0.161. The summed E-state index contributed by atoms with van der Waals surface area (Å²) in [6.45, 7) is 9.80. The molecule has 1 aliphatic heterocycles. The molecule has 6 heteroatoms. The maximum atomic E-state index is 10.3. The van der Waals surface area contributed by atoms with E-state index in [4.69, 9.17) is 0 Å². The summed E-state index contributed by atoms with van der Waals surface area (Å²) in [5.41, 5.74) is 3.77. The van der Waals surface area contributed by atoms with Crippen molar-refractivity contribution in [2.24, 2.45) is 0 Å². The number of nitrogens with one attached hydrogen (secondary N) is 1. The third-order valence-corrected chi connectivity index (χ3v) is 4.56. The molecular formula is C19H25N5O. The van der Waals surface area contributed by atoms with Crippen molar-refractivity contribution in [2.45, 2.75) is 32.7 Å². The standard InChI is InChI=1S/C19H25N5O/c1-12(2)14-7-8-16(17(25)10-14)18-13(3)20-19(23-22-18)21-15-6-5-9-24(4)11-15/h7-8,10,15,25H,1,5-6,9,11H2,2-4H3,(H,20,21,23)/t15-/m1/s1. The number of aromatic hydroxyl groups is 1. The highest BCUT2D eigenvalue weighted by atomic mass is 16.3. The van der Waals surface area contributed by atoms with Crippen LogP contribution >= 0.6 is 0 Å². The Morgan fingerprint density at radius 1 is 1.36 bits per heavy atom. The number of hydrogen-bond acceptors (Lipinski definition) is 6. The Balaban J connectivity index is 1.81. The second-order valence-corrected chi connectivity index (χ2v) is 6.83. The molecule has 25 heavy (non-hydrogen) atoms. The average Bonchev–Trinajstić information content (AvgIpc) is 2.55. The zero-order valence-corrected chi connectivity index (χ0v) is 15.1. The highest BCUT2D eigenvalue weighted by Gasteiger charge is 2.19. The molecule has 132 valence electrons. The van der Waals surface area contributed by atoms with Gasteiger partial charge in [-0.3, -0.25) is 0 Å². The van der Waals surface area contributed by atoms with Crippen LogP contribution in [-0.2, 0) is 0 Å². The SMILES string of the molecule is C=C(C)c1ccc(-c2nnc(N[C@@H]3CCCN(C)C3)nc2C)c(O)c1. The van der Waals surface area contributed by atoms with Gasteiger partial charge in [-0.2, -0.15) is 0 Å². The second-order valence-electron chi connectivity index (χ2n) is 6.83. The van der Waals surface area contributed by atoms with Gasteiger partial charge in [0.05, 0.1) is 5.69 Å². The fraction of sp³-hybridized carbons (Fsp3) is 0.421. The van der Waals surface area contributed by atoms with Crippen molar-refractivity contribution in [3.05, 3.63) is 36.0 Å². The van der Waals surface area contributed by atoms with Gasteiger partial charge in [-0.1, -0.05) is 18.2 Å². The molecule has 1 saturated heterocycles. The number of aryl methyl sites for hydroxylation is 1. The van der Waals surface area contributed by atoms with E-state index in [0.29, 0.717) is 23.2 Å². The smallest absolute Gasteiger partial charge is 0.243 e. The number of hydrogen-bond donors (Lipinski definition) is 2. The lowest BCUT2D eigenvalue weighted by atomic mass is 10.0. The van der Waals surface area contributed by atoms with Crippen LogP contribution in [0.2, 0.25) is 0 Å². The number of piperidine rings is 1. The largest absolute Gasteiger partial charge is 0.507 e. The molecule has 1 aliphatic rings. The van der Waals surface area contributed by atoms with Gasteiger partial charge in [-0.25, -0.2) is 4.98 Å². The quantitative estimate of drug-likeness (QED) is 0.892. The first kappa shape index (κ1) is 17.4. The normalized spacial score (nSPS) is 18.1. The van der Waals surface area contributed by atoms with Crippen molar-refractivity contribution < 1.29 is 5.11 Å². The number of anilines is 1. The Hall–Kier alpha value is -2.47. The molecule has 0 spiro atoms. The van der Waals surface area contributed by atoms with Gasteiger partial charge in [0.1, 0.15) is 11.4 Å². The van der Waals surface area contributed by atoms with Gasteiger partial charge < -0.3 is 15.3 Å². The molecule has 2 heterocycles. The summed E-state index contributed by atoms with van der Waals surface area (Å²) in [4.78, 5) is 6.84. The van der Waals surface area contributed by atoms with Crippen molar-refractivity contribution >= 4 is 11.5 Å². The number of nitrogens with zero attached hydrogens (tertiary/aromatic N) is 4. The molecule has 1 aromatic carbocycles. The minimum Gasteiger partial charge on any atom is -0.507 e. The predicted octanol–water partition coefficient (Wildman–Crippen LogP) is 3.09. The highest BCUT2D eigenvalue weighted by molar-refractivity contribution is 5.73. The monoisotopic (exact) mass is 339 g/mol. The summed E-state index contributed by atoms with van der Waals surface area (Å²) in [6.07, 6.45) is 2.28. The van der Waals surface area contributed by atoms with E-state index in [2.05, 4.69) is 39.0 Å². The highest BCUT2D eigenvalue weighted by Crippen LogP contribution is 2.31. The van der Waals surface area contributed by atoms with Crippen molar-refractivity contribution in [3.63, 3.8) is 0 Å². The van der Waals surface area contributed by atoms with E-state index >= 15 is 0 Å². The maximum Gasteiger partial charge on any atom is 0.243 e. The van der Waals surface area contributed by atoms with Crippen LogP contribution in [0.25, 0.3) is 16.8 Å². The number of likely N-dealkylation sites (N-methyl/N-ethyl adjacent to an activating group) is 1. The Morgan fingerprint density at radius 3 is 2.80 bits per heavy atom. The molecule has 2 N–H and O–H groups in total. The van der Waals surface area contributed by atoms with Gasteiger partial charge >= 0.3 is 0 Å². The summed E-state index contributed by atoms with van der Waals surface area (Å²) in [6, 6.07) is 5.79. The van der Waals surface area contributed by atoms with Crippen molar-refractivity contribution in [2.75, 3.05) is 25.5 Å². The van der Waals surface area contributed by atoms with E-state index in [9.17, 15) is 5.11 Å². The number of phenols is 1. The van der Waals surface area contributed by atoms with E-state index in [0.717, 1.165) is 36.3 Å². The Kier molecular flexibility index (Phi) is 4.99. The number of aromatic nitrogens is 3. The van der Waals surface area contributed by atoms with Crippen LogP contribution in [-0.4, -0.2) is 51.4 Å². The lowest BCUT2D eigenvalue weighted by Gasteiger charge is -2.30. The van der Waals surface area contributed by atoms with E-state index < -0.39 is 0 Å². The van der Waals surface area contributed by atoms with Crippen LogP contribution in [0.4, 0.5) is 5.95 Å². The number of benzene rings is 1. The zero-order chi connectivity index (χ0) is 18.0. The first-order valence-corrected chi connectivity index (χ1v) is 8.59. The van der Waals surface area contributed by atoms with Crippen molar-refractivity contribution in [1.82, 2.24) is 20.1 Å². The van der Waals surface area contributed by atoms with Gasteiger partial charge in [0.2, 0.25) is 5.95 Å². The third kappa shape index (κ3) is 3.96. The fourth-order valence-electron chi connectivity index (χ4n) is 3.18. The minimum atomic E-state index is 0.161. The first-order valence-electron chi connectivity index (χ1n) is 8.59. The Bertz CT molecular complexity index is 789. The lowest BCUT2D eigenvalue weighted by Crippen LogP contribution is -2.40. The Morgan fingerprint density at radius 2 is 2.16 bits per heavy atom. The molecule has 0 amide bonds. The predicted molar refractivity (Wildman–Crippen MR) is 101 cm³/mol. The van der Waals surface area contributed by atoms with E-state index in [-0.39, 0.29) is 5.75 Å². The number of allylic oxidation sites excluding steroid dienone is 1. The second kappa shape index (κ2) is 7.19. The van der Waals surface area contributed by atoms with E-state index in [1.54, 1.807) is 6.07 Å². The molecule has 3 rings (SSSR count). The molecule has 1 atom stereocenters. The maximum absolute atomic E-state index is 10.3. The van der Waals surface area contributed by atoms with E-state index in [1.165, 1.54) is 6.42 Å². The summed E-state index contributed by atoms with van der Waals surface area (Å²) < 4.78 is 0. The molecule has 0 unspecified atom stereocenters. The van der Waals surface area contributed by atoms with Gasteiger partial charge in [-0.05, 0) is 58.0 Å². The molecule has 1 fully saturated rings. The summed E-state index contributed by atoms with van der Waals surface area (Å²) in [5, 5.41) is 22.2. The number of rotatable bonds is 4. The summed E-state index contributed by atoms with van der Waals surface area (Å²) in [7, 11) is 2.12. The van der Waals surface area contributed by atoms with Gasteiger partial charge in [0, 0.05) is 18.2 Å². The Labute approximate surface area is 148 Å². The van der Waals surface area contributed by atoms with Crippen LogP contribution in [0.3, 0.4) is 0 Å². The molecule has 2 aromatic rings. The average molecular weight is 339 g/mol. The topological polar surface area (TPSA) is 74.2 Å². The first-order chi connectivity index (χ1) is 11.9. The zero-order valence-electron chi connectivity index (χ0n) is 15.1. The van der Waals surface area contributed by atoms with Gasteiger partial charge in [0.25, 0.3) is 0 Å². The molecular weight excluding hydrogens is 314 g/mol. The van der Waals surface area contributed by atoms with Crippen LogP contribution in [0, 0.1) is 6.92 Å². The molecule has 0 bridgehead atoms. The van der Waals surface area contributed by atoms with E-state index in [1.807, 2.05) is 26.0 Å². The molecule has 6 nitrogen and oxygen atoms in total. The van der Waals surface area contributed by atoms with Gasteiger partial charge in [-0.15, -0.1) is 10.2 Å².